The number of aliphatic hydroxyl groups is 1. The number of aliphatic hydroxyl groups excluding tert-OH is 1. The van der Waals surface area contributed by atoms with Crippen molar-refractivity contribution in [3.05, 3.63) is 53.3 Å². The van der Waals surface area contributed by atoms with Gasteiger partial charge in [0.15, 0.2) is 5.82 Å². The van der Waals surface area contributed by atoms with Gasteiger partial charge in [0.25, 0.3) is 5.91 Å². The average molecular weight is 451 g/mol. The van der Waals surface area contributed by atoms with Crippen LogP contribution in [0.3, 0.4) is 0 Å². The highest BCUT2D eigenvalue weighted by Crippen LogP contribution is 2.31. The minimum atomic E-state index is -0.963. The molecule has 1 atom stereocenters. The van der Waals surface area contributed by atoms with Crippen LogP contribution in [0.4, 0.5) is 10.2 Å². The molecular weight excluding hydrogens is 419 g/mol. The monoisotopic (exact) mass is 450 g/mol. The van der Waals surface area contributed by atoms with Crippen LogP contribution in [0.1, 0.15) is 31.4 Å². The molecule has 1 aliphatic heterocycles. The van der Waals surface area contributed by atoms with Crippen molar-refractivity contribution >= 4 is 22.6 Å². The number of amides is 1. The molecule has 1 fully saturated rings. The first-order valence-corrected chi connectivity index (χ1v) is 11.5. The Bertz CT molecular complexity index is 1150. The van der Waals surface area contributed by atoms with Crippen molar-refractivity contribution in [3.63, 3.8) is 0 Å². The summed E-state index contributed by atoms with van der Waals surface area (Å²) >= 11 is 0. The van der Waals surface area contributed by atoms with E-state index in [1.807, 2.05) is 52.0 Å². The second-order valence-electron chi connectivity index (χ2n) is 9.28. The van der Waals surface area contributed by atoms with Crippen LogP contribution < -0.4 is 4.90 Å². The molecule has 1 aromatic heterocycles. The number of hydrogen-bond acceptors (Lipinski definition) is 5. The van der Waals surface area contributed by atoms with Gasteiger partial charge in [-0.05, 0) is 55.5 Å². The number of fused-ring (bicyclic) bond motifs is 1. The summed E-state index contributed by atoms with van der Waals surface area (Å²) < 4.78 is 14.7. The Balaban J connectivity index is 1.66. The number of halogens is 1. The van der Waals surface area contributed by atoms with Crippen molar-refractivity contribution in [1.82, 2.24) is 14.9 Å². The van der Waals surface area contributed by atoms with Crippen LogP contribution in [0.25, 0.3) is 22.3 Å². The van der Waals surface area contributed by atoms with Crippen LogP contribution in [0.2, 0.25) is 0 Å². The van der Waals surface area contributed by atoms with Gasteiger partial charge in [0, 0.05) is 31.6 Å². The molecule has 1 saturated heterocycles. The minimum Gasteiger partial charge on any atom is -0.383 e. The maximum absolute atomic E-state index is 14.7. The Morgan fingerprint density at radius 3 is 2.48 bits per heavy atom. The Morgan fingerprint density at radius 2 is 1.82 bits per heavy atom. The van der Waals surface area contributed by atoms with Gasteiger partial charge in [-0.2, -0.15) is 0 Å². The molecule has 33 heavy (non-hydrogen) atoms. The molecule has 0 radical (unpaired) electrons. The van der Waals surface area contributed by atoms with Crippen molar-refractivity contribution < 1.29 is 14.3 Å². The molecule has 0 bridgehead atoms. The summed E-state index contributed by atoms with van der Waals surface area (Å²) in [6.45, 7) is 10.00. The molecule has 2 aromatic carbocycles. The summed E-state index contributed by atoms with van der Waals surface area (Å²) in [5.74, 6) is 0.801. The number of carbonyl (C=O) groups is 1. The first-order chi connectivity index (χ1) is 15.7. The zero-order valence-corrected chi connectivity index (χ0v) is 19.7. The number of carbonyl (C=O) groups excluding carboxylic acids is 1. The number of aromatic nitrogens is 2. The highest BCUT2D eigenvalue weighted by atomic mass is 19.1. The summed E-state index contributed by atoms with van der Waals surface area (Å²) in [7, 11) is 0. The quantitative estimate of drug-likeness (QED) is 0.634. The second kappa shape index (κ2) is 9.43. The number of anilines is 1. The predicted molar refractivity (Wildman–Crippen MR) is 129 cm³/mol. The lowest BCUT2D eigenvalue weighted by Gasteiger charge is -2.37. The topological polar surface area (TPSA) is 69.6 Å². The first-order valence-electron chi connectivity index (χ1n) is 11.5. The van der Waals surface area contributed by atoms with E-state index in [1.54, 1.807) is 11.0 Å². The van der Waals surface area contributed by atoms with Gasteiger partial charge in [0.2, 0.25) is 0 Å². The molecule has 0 spiro atoms. The summed E-state index contributed by atoms with van der Waals surface area (Å²) in [4.78, 5) is 26.0. The number of piperazine rings is 1. The standard InChI is InChI=1S/C26H31FN4O2/c1-16(2)14-22(32)26(33)31-12-10-30(11-13-31)25-19-9-8-17(3)15-21(19)28-24(29-25)23-18(4)6-5-7-20(23)27/h5-9,15-16,22,32H,10-14H2,1-4H3/t22-/m1/s1. The molecule has 1 aliphatic rings. The second-order valence-corrected chi connectivity index (χ2v) is 9.28. The molecule has 7 heteroatoms. The Hall–Kier alpha value is -3.06. The van der Waals surface area contributed by atoms with Gasteiger partial charge in [0.05, 0.1) is 11.1 Å². The Kier molecular flexibility index (Phi) is 6.61. The van der Waals surface area contributed by atoms with Crippen molar-refractivity contribution in [2.75, 3.05) is 31.1 Å². The fraction of sp³-hybridized carbons (Fsp3) is 0.423. The highest BCUT2D eigenvalue weighted by molar-refractivity contribution is 5.92. The van der Waals surface area contributed by atoms with Gasteiger partial charge in [-0.1, -0.05) is 32.0 Å². The molecule has 1 amide bonds. The largest absolute Gasteiger partial charge is 0.383 e. The predicted octanol–water partition coefficient (Wildman–Crippen LogP) is 4.11. The van der Waals surface area contributed by atoms with E-state index >= 15 is 0 Å². The van der Waals surface area contributed by atoms with Crippen LogP contribution >= 0.6 is 0 Å². The van der Waals surface area contributed by atoms with E-state index in [4.69, 9.17) is 9.97 Å². The van der Waals surface area contributed by atoms with Crippen molar-refractivity contribution in [1.29, 1.82) is 0 Å². The van der Waals surface area contributed by atoms with E-state index in [1.165, 1.54) is 6.07 Å². The maximum atomic E-state index is 14.7. The molecular formula is C26H31FN4O2. The smallest absolute Gasteiger partial charge is 0.251 e. The van der Waals surface area contributed by atoms with Gasteiger partial charge >= 0.3 is 0 Å². The first kappa shape index (κ1) is 23.1. The molecule has 0 saturated carbocycles. The third-order valence-corrected chi connectivity index (χ3v) is 6.15. The Labute approximate surface area is 194 Å². The summed E-state index contributed by atoms with van der Waals surface area (Å²) in [6, 6.07) is 11.0. The molecule has 0 aliphatic carbocycles. The number of hydrogen-bond donors (Lipinski definition) is 1. The lowest BCUT2D eigenvalue weighted by atomic mass is 10.0. The summed E-state index contributed by atoms with van der Waals surface area (Å²) in [5, 5.41) is 11.1. The molecule has 174 valence electrons. The third-order valence-electron chi connectivity index (χ3n) is 6.15. The Morgan fingerprint density at radius 1 is 1.09 bits per heavy atom. The fourth-order valence-electron chi connectivity index (χ4n) is 4.39. The zero-order chi connectivity index (χ0) is 23.7. The molecule has 4 rings (SSSR count). The number of benzene rings is 2. The molecule has 2 heterocycles. The molecule has 6 nitrogen and oxygen atoms in total. The van der Waals surface area contributed by atoms with E-state index in [-0.39, 0.29) is 17.6 Å². The van der Waals surface area contributed by atoms with Gasteiger partial charge < -0.3 is 14.9 Å². The van der Waals surface area contributed by atoms with E-state index < -0.39 is 6.10 Å². The lowest BCUT2D eigenvalue weighted by molar-refractivity contribution is -0.141. The molecule has 3 aromatic rings. The van der Waals surface area contributed by atoms with Gasteiger partial charge in [0.1, 0.15) is 17.7 Å². The van der Waals surface area contributed by atoms with Crippen molar-refractivity contribution in [2.24, 2.45) is 5.92 Å². The van der Waals surface area contributed by atoms with Crippen LogP contribution in [0, 0.1) is 25.6 Å². The summed E-state index contributed by atoms with van der Waals surface area (Å²) in [6.07, 6.45) is -0.504. The van der Waals surface area contributed by atoms with E-state index in [9.17, 15) is 14.3 Å². The van der Waals surface area contributed by atoms with Crippen molar-refractivity contribution in [3.8, 4) is 11.4 Å². The average Bonchev–Trinajstić information content (AvgIpc) is 2.77. The zero-order valence-electron chi connectivity index (χ0n) is 19.7. The maximum Gasteiger partial charge on any atom is 0.251 e. The number of nitrogens with zero attached hydrogens (tertiary/aromatic N) is 4. The van der Waals surface area contributed by atoms with E-state index in [2.05, 4.69) is 4.90 Å². The fourth-order valence-corrected chi connectivity index (χ4v) is 4.39. The number of rotatable bonds is 5. The molecule has 1 N–H and O–H groups in total. The van der Waals surface area contributed by atoms with E-state index in [0.29, 0.717) is 44.0 Å². The van der Waals surface area contributed by atoms with Gasteiger partial charge in [-0.15, -0.1) is 0 Å². The number of aryl methyl sites for hydroxylation is 2. The van der Waals surface area contributed by atoms with Crippen LogP contribution in [0.15, 0.2) is 36.4 Å². The summed E-state index contributed by atoms with van der Waals surface area (Å²) in [5.41, 5.74) is 3.02. The molecule has 0 unspecified atom stereocenters. The van der Waals surface area contributed by atoms with Gasteiger partial charge in [-0.25, -0.2) is 14.4 Å². The third kappa shape index (κ3) is 4.83. The normalized spacial score (nSPS) is 15.4. The highest BCUT2D eigenvalue weighted by Gasteiger charge is 2.28. The van der Waals surface area contributed by atoms with Crippen molar-refractivity contribution in [2.45, 2.75) is 40.2 Å². The van der Waals surface area contributed by atoms with E-state index in [0.717, 1.165) is 27.8 Å². The lowest BCUT2D eigenvalue weighted by Crippen LogP contribution is -2.52. The van der Waals surface area contributed by atoms with Crippen LogP contribution in [0.5, 0.6) is 0 Å². The SMILES string of the molecule is Cc1ccc2c(N3CCN(C(=O)[C@H](O)CC(C)C)CC3)nc(-c3c(C)cccc3F)nc2c1. The van der Waals surface area contributed by atoms with Crippen LogP contribution in [-0.4, -0.2) is 58.2 Å². The minimum absolute atomic E-state index is 0.214. The van der Waals surface area contributed by atoms with Crippen LogP contribution in [-0.2, 0) is 4.79 Å². The van der Waals surface area contributed by atoms with Gasteiger partial charge in [-0.3, -0.25) is 4.79 Å².